The molecule has 216 valence electrons. The summed E-state index contributed by atoms with van der Waals surface area (Å²) in [6.07, 6.45) is 0. The summed E-state index contributed by atoms with van der Waals surface area (Å²) in [5.41, 5.74) is 17.4. The summed E-state index contributed by atoms with van der Waals surface area (Å²) in [5, 5.41) is 0. The lowest BCUT2D eigenvalue weighted by atomic mass is 9.94. The van der Waals surface area contributed by atoms with Crippen LogP contribution in [0.25, 0.3) is 67.0 Å². The molecule has 0 aliphatic carbocycles. The highest BCUT2D eigenvalue weighted by Crippen LogP contribution is 2.35. The van der Waals surface area contributed by atoms with Crippen LogP contribution in [0.1, 0.15) is 16.7 Å². The Labute approximate surface area is 266 Å². The average Bonchev–Trinajstić information content (AvgIpc) is 3.08. The van der Waals surface area contributed by atoms with E-state index in [-0.39, 0.29) is 0 Å². The molecule has 6 aromatic carbocycles. The molecule has 1 aromatic heterocycles. The molecule has 1 heterocycles. The maximum absolute atomic E-state index is 5.30. The largest absolute Gasteiger partial charge is 0.248 e. The third kappa shape index (κ3) is 6.25. The fourth-order valence-corrected chi connectivity index (χ4v) is 6.06. The second-order valence-electron chi connectivity index (χ2n) is 12.0. The predicted octanol–water partition coefficient (Wildman–Crippen LogP) is 12.0. The van der Waals surface area contributed by atoms with E-state index in [0.29, 0.717) is 0 Å². The van der Waals surface area contributed by atoms with Crippen molar-refractivity contribution in [2.75, 3.05) is 0 Å². The molecular formula is C44H35N. The standard InChI is InChI=1S/C44H35N/c1-30-10-4-13-33(22-30)36-16-7-19-39(25-36)42-28-43(40-20-8-17-37(26-40)34-14-5-11-31(2)23-34)45-44(29-42)41-21-9-18-38(27-41)35-15-6-12-32(3)24-35/h4-29H,1-3H3. The van der Waals surface area contributed by atoms with Crippen molar-refractivity contribution in [3.63, 3.8) is 0 Å². The maximum Gasteiger partial charge on any atom is 0.0715 e. The zero-order chi connectivity index (χ0) is 30.8. The van der Waals surface area contributed by atoms with Gasteiger partial charge in [0.2, 0.25) is 0 Å². The molecule has 7 rings (SSSR count). The van der Waals surface area contributed by atoms with Gasteiger partial charge in [-0.2, -0.15) is 0 Å². The quantitative estimate of drug-likeness (QED) is 0.192. The van der Waals surface area contributed by atoms with E-state index < -0.39 is 0 Å². The Morgan fingerprint density at radius 2 is 0.533 bits per heavy atom. The van der Waals surface area contributed by atoms with E-state index in [1.165, 1.54) is 55.6 Å². The Kier molecular flexibility index (Phi) is 7.68. The lowest BCUT2D eigenvalue weighted by molar-refractivity contribution is 1.32. The molecule has 0 spiro atoms. The minimum absolute atomic E-state index is 0.957. The van der Waals surface area contributed by atoms with Crippen molar-refractivity contribution in [2.45, 2.75) is 20.8 Å². The van der Waals surface area contributed by atoms with Gasteiger partial charge in [0.05, 0.1) is 11.4 Å². The minimum atomic E-state index is 0.957. The van der Waals surface area contributed by atoms with Crippen molar-refractivity contribution in [3.8, 4) is 67.0 Å². The highest BCUT2D eigenvalue weighted by molar-refractivity contribution is 5.82. The molecule has 0 aliphatic rings. The number of rotatable bonds is 6. The first-order chi connectivity index (χ1) is 22.0. The number of hydrogen-bond acceptors (Lipinski definition) is 1. The van der Waals surface area contributed by atoms with Crippen LogP contribution in [0.2, 0.25) is 0 Å². The zero-order valence-electron chi connectivity index (χ0n) is 26.0. The summed E-state index contributed by atoms with van der Waals surface area (Å²) in [7, 11) is 0. The SMILES string of the molecule is Cc1cccc(-c2cccc(-c3cc(-c4cccc(-c5cccc(C)c5)c4)nc(-c4cccc(-c5cccc(C)c5)c4)c3)c2)c1. The lowest BCUT2D eigenvalue weighted by Crippen LogP contribution is -1.93. The fraction of sp³-hybridized carbons (Fsp3) is 0.0682. The van der Waals surface area contributed by atoms with Crippen LogP contribution in [-0.2, 0) is 0 Å². The van der Waals surface area contributed by atoms with Gasteiger partial charge in [0, 0.05) is 11.1 Å². The van der Waals surface area contributed by atoms with E-state index in [1.54, 1.807) is 0 Å². The van der Waals surface area contributed by atoms with Crippen LogP contribution in [0.5, 0.6) is 0 Å². The van der Waals surface area contributed by atoms with Crippen LogP contribution in [0.4, 0.5) is 0 Å². The second-order valence-corrected chi connectivity index (χ2v) is 12.0. The Balaban J connectivity index is 1.38. The van der Waals surface area contributed by atoms with E-state index in [1.807, 2.05) is 0 Å². The molecule has 0 fully saturated rings. The molecule has 0 unspecified atom stereocenters. The summed E-state index contributed by atoms with van der Waals surface area (Å²) in [6.45, 7) is 6.42. The van der Waals surface area contributed by atoms with Crippen LogP contribution in [0.3, 0.4) is 0 Å². The predicted molar refractivity (Wildman–Crippen MR) is 191 cm³/mol. The van der Waals surface area contributed by atoms with E-state index in [2.05, 4.69) is 178 Å². The molecule has 1 heteroatoms. The molecule has 0 amide bonds. The van der Waals surface area contributed by atoms with Crippen molar-refractivity contribution in [3.05, 3.63) is 174 Å². The van der Waals surface area contributed by atoms with Crippen LogP contribution in [0.15, 0.2) is 158 Å². The third-order valence-electron chi connectivity index (χ3n) is 8.39. The Morgan fingerprint density at radius 3 is 0.889 bits per heavy atom. The van der Waals surface area contributed by atoms with Crippen LogP contribution in [0, 0.1) is 20.8 Å². The van der Waals surface area contributed by atoms with Gasteiger partial charge in [0.15, 0.2) is 0 Å². The molecule has 1 nitrogen and oxygen atoms in total. The van der Waals surface area contributed by atoms with Gasteiger partial charge in [-0.1, -0.05) is 144 Å². The van der Waals surface area contributed by atoms with Gasteiger partial charge >= 0.3 is 0 Å². The van der Waals surface area contributed by atoms with E-state index in [9.17, 15) is 0 Å². The zero-order valence-corrected chi connectivity index (χ0v) is 26.0. The first kappa shape index (κ1) is 28.3. The average molecular weight is 578 g/mol. The topological polar surface area (TPSA) is 12.9 Å². The summed E-state index contributed by atoms with van der Waals surface area (Å²) < 4.78 is 0. The number of pyridine rings is 1. The molecule has 7 aromatic rings. The van der Waals surface area contributed by atoms with Gasteiger partial charge in [0.25, 0.3) is 0 Å². The van der Waals surface area contributed by atoms with Crippen molar-refractivity contribution >= 4 is 0 Å². The number of nitrogens with zero attached hydrogens (tertiary/aromatic N) is 1. The normalized spacial score (nSPS) is 11.0. The third-order valence-corrected chi connectivity index (χ3v) is 8.39. The van der Waals surface area contributed by atoms with Crippen molar-refractivity contribution in [2.24, 2.45) is 0 Å². The maximum atomic E-state index is 5.30. The number of hydrogen-bond donors (Lipinski definition) is 0. The molecular weight excluding hydrogens is 542 g/mol. The van der Waals surface area contributed by atoms with Gasteiger partial charge in [-0.15, -0.1) is 0 Å². The molecule has 0 atom stereocenters. The van der Waals surface area contributed by atoms with Gasteiger partial charge < -0.3 is 0 Å². The molecule has 0 aliphatic heterocycles. The number of aryl methyl sites for hydroxylation is 3. The first-order valence-electron chi connectivity index (χ1n) is 15.5. The van der Waals surface area contributed by atoms with Gasteiger partial charge in [-0.05, 0) is 95.6 Å². The van der Waals surface area contributed by atoms with Gasteiger partial charge in [0.1, 0.15) is 0 Å². The van der Waals surface area contributed by atoms with Crippen molar-refractivity contribution in [1.82, 2.24) is 4.98 Å². The monoisotopic (exact) mass is 577 g/mol. The smallest absolute Gasteiger partial charge is 0.0715 e. The number of aromatic nitrogens is 1. The van der Waals surface area contributed by atoms with Crippen LogP contribution >= 0.6 is 0 Å². The summed E-state index contributed by atoms with van der Waals surface area (Å²) >= 11 is 0. The van der Waals surface area contributed by atoms with Crippen molar-refractivity contribution < 1.29 is 0 Å². The fourth-order valence-electron chi connectivity index (χ4n) is 6.06. The van der Waals surface area contributed by atoms with Gasteiger partial charge in [-0.3, -0.25) is 0 Å². The van der Waals surface area contributed by atoms with Crippen LogP contribution < -0.4 is 0 Å². The Bertz CT molecular complexity index is 1890. The Morgan fingerprint density at radius 1 is 0.267 bits per heavy atom. The molecule has 0 radical (unpaired) electrons. The first-order valence-corrected chi connectivity index (χ1v) is 15.5. The van der Waals surface area contributed by atoms with Gasteiger partial charge in [-0.25, -0.2) is 4.98 Å². The number of benzene rings is 6. The second kappa shape index (κ2) is 12.2. The lowest BCUT2D eigenvalue weighted by Gasteiger charge is -2.13. The summed E-state index contributed by atoms with van der Waals surface area (Å²) in [5.74, 6) is 0. The Hall–Kier alpha value is -5.53. The van der Waals surface area contributed by atoms with E-state index in [4.69, 9.17) is 4.98 Å². The summed E-state index contributed by atoms with van der Waals surface area (Å²) in [6, 6.07) is 56.9. The molecule has 0 saturated heterocycles. The van der Waals surface area contributed by atoms with Crippen molar-refractivity contribution in [1.29, 1.82) is 0 Å². The van der Waals surface area contributed by atoms with E-state index >= 15 is 0 Å². The van der Waals surface area contributed by atoms with E-state index in [0.717, 1.165) is 28.1 Å². The van der Waals surface area contributed by atoms with Crippen LogP contribution in [-0.4, -0.2) is 4.98 Å². The molecule has 45 heavy (non-hydrogen) atoms. The minimum Gasteiger partial charge on any atom is -0.248 e. The highest BCUT2D eigenvalue weighted by Gasteiger charge is 2.12. The molecule has 0 bridgehead atoms. The summed E-state index contributed by atoms with van der Waals surface area (Å²) in [4.78, 5) is 5.30. The highest BCUT2D eigenvalue weighted by atomic mass is 14.7. The molecule has 0 saturated carbocycles. The molecule has 0 N–H and O–H groups in total.